The van der Waals surface area contributed by atoms with E-state index in [0.717, 1.165) is 24.4 Å². The van der Waals surface area contributed by atoms with Crippen molar-refractivity contribution < 1.29 is 47.0 Å². The van der Waals surface area contributed by atoms with E-state index in [1.165, 1.54) is 99.1 Å². The highest BCUT2D eigenvalue weighted by Crippen LogP contribution is 2.36. The number of H-pyrrole nitrogens is 7. The van der Waals surface area contributed by atoms with Gasteiger partial charge in [-0.3, -0.25) is 48.5 Å². The number of anilines is 1. The number of aromatic hydroxyl groups is 1. The van der Waals surface area contributed by atoms with Gasteiger partial charge in [0.25, 0.3) is 38.9 Å². The Labute approximate surface area is 697 Å². The van der Waals surface area contributed by atoms with E-state index in [2.05, 4.69) is 127 Å². The monoisotopic (exact) mass is 1690 g/mol. The molecule has 39 nitrogen and oxygen atoms in total. The maximum Gasteiger partial charge on any atom is 0.295 e. The number of nitrogens with one attached hydrogen (secondary N) is 8. The van der Waals surface area contributed by atoms with Crippen LogP contribution in [0, 0.1) is 41.5 Å². The van der Waals surface area contributed by atoms with Crippen LogP contribution in [0.4, 0.5) is 14.6 Å². The lowest BCUT2D eigenvalue weighted by molar-refractivity contribution is -0.0361. The van der Waals surface area contributed by atoms with Gasteiger partial charge in [0.1, 0.15) is 40.7 Å². The predicted molar refractivity (Wildman–Crippen MR) is 447 cm³/mol. The Balaban J connectivity index is 0.000000162. The molecule has 2 aliphatic carbocycles. The van der Waals surface area contributed by atoms with Crippen LogP contribution in [0.25, 0.3) is 74.3 Å². The number of hydrogen-bond acceptors (Lipinski definition) is 33. The lowest BCUT2D eigenvalue weighted by Crippen LogP contribution is -2.33. The van der Waals surface area contributed by atoms with Crippen LogP contribution >= 0.6 is 11.3 Å². The lowest BCUT2D eigenvalue weighted by atomic mass is 9.88. The molecule has 9 N–H and O–H groups in total. The second-order valence-electron chi connectivity index (χ2n) is 26.3. The summed E-state index contributed by atoms with van der Waals surface area (Å²) >= 11 is 1.37. The molecule has 2 saturated carbocycles. The third-order valence-electron chi connectivity index (χ3n) is 17.9. The average molecular weight is 1700 g/mol. The SMILES string of the molecule is C=C(OC)c1nc(-c2ccccn2)[nH]c(=O)c1O.COc1c(C)nc(-c2ccccn2)[nH]c1=O.COc1c(C)nc(-c2ccncn2)[nH]c1=O.COc1c(C)nc(-c2cnccn2)[nH]c1=O.COc1c(C)nc(-c2ncccn2)[nH]c1=O.COc1c(C)nc(C2CCCCC2)[nH]c1=O.COc1c(NC2CCC(F)(F)CC2)nc(-c2nc(C)cs2)[nH]c1=O. The summed E-state index contributed by atoms with van der Waals surface area (Å²) in [6.45, 7) is 14.1. The first-order chi connectivity index (χ1) is 58.6. The number of hydrogen-bond donors (Lipinski definition) is 9. The number of rotatable bonds is 17. The summed E-state index contributed by atoms with van der Waals surface area (Å²) in [6.07, 6.45) is 20.3. The molecule has 0 atom stereocenters. The van der Waals surface area contributed by atoms with Crippen molar-refractivity contribution in [2.45, 2.75) is 117 Å². The van der Waals surface area contributed by atoms with E-state index in [0.29, 0.717) is 116 Å². The van der Waals surface area contributed by atoms with Crippen LogP contribution in [0.5, 0.6) is 40.2 Å². The van der Waals surface area contributed by atoms with Crippen molar-refractivity contribution in [3.63, 3.8) is 0 Å². The summed E-state index contributed by atoms with van der Waals surface area (Å²) in [5, 5.41) is 15.1. The fourth-order valence-corrected chi connectivity index (χ4v) is 12.7. The van der Waals surface area contributed by atoms with E-state index >= 15 is 0 Å². The molecule has 42 heteroatoms. The van der Waals surface area contributed by atoms with Gasteiger partial charge < -0.3 is 78.5 Å². The quantitative estimate of drug-likeness (QED) is 0.0383. The molecule has 2 fully saturated rings. The van der Waals surface area contributed by atoms with Gasteiger partial charge in [0, 0.05) is 79.3 Å². The van der Waals surface area contributed by atoms with Crippen LogP contribution in [0.1, 0.15) is 109 Å². The molecule has 122 heavy (non-hydrogen) atoms. The Bertz CT molecular complexity index is 5700. The van der Waals surface area contributed by atoms with E-state index < -0.39 is 22.8 Å². The molecule has 0 saturated heterocycles. The molecular weight excluding hydrogens is 1610 g/mol. The minimum absolute atomic E-state index is 0.00176. The van der Waals surface area contributed by atoms with Crippen LogP contribution < -0.4 is 72.7 Å². The first-order valence-corrected chi connectivity index (χ1v) is 38.2. The Hall–Kier alpha value is -14.9. The lowest BCUT2D eigenvalue weighted by Gasteiger charge is -2.29. The standard InChI is InChI=1S/C15H18F2N4O2S.C12H11N3O3.C12H18N2O2.C11H11N3O2.3C10H10N4O2/c1-8-7-24-14(18-8)12-20-11(10(23-2)13(22)21-12)19-9-3-5-15(16,17)6-4-9;1-7(18-2)9-10(16)12(17)15-11(14-9)8-5-3-4-6-13-8;1-8-10(16-2)12(15)14-11(13-8)9-6-4-3-5-7-9;1-7-9(16-2)11(15)14-10(13-7)8-5-3-4-6-12-8;1-6-8(16-2)10(15)14-9(13-6)7-5-11-3-4-12-7;1-6-8(16-2)10(15)14-9(13-6)7-3-4-11-5-12-7;1-6-7(16-2)10(15)14-9(13-6)8-11-4-3-5-12-8/h7,9H,3-6H2,1-2H3,(H2,19,20,21,22);3-6,16H,1H2,2H3,(H,14,15,17);9H,3-7H2,1-2H3,(H,13,14,15);3-6H,1-2H3,(H,13,14,15);3*3-5H,1-2H3,(H,13,14,15). The van der Waals surface area contributed by atoms with E-state index in [1.807, 2.05) is 25.3 Å². The zero-order valence-electron chi connectivity index (χ0n) is 68.6. The van der Waals surface area contributed by atoms with E-state index in [1.54, 1.807) is 107 Å². The molecule has 0 spiro atoms. The van der Waals surface area contributed by atoms with Crippen LogP contribution in [0.2, 0.25) is 0 Å². The summed E-state index contributed by atoms with van der Waals surface area (Å²) in [4.78, 5) is 166. The fraction of sp³-hybridized carbons (Fsp3) is 0.312. The van der Waals surface area contributed by atoms with Gasteiger partial charge in [-0.1, -0.05) is 38.0 Å². The number of nitrogens with zero attached hydrogens (tertiary/aromatic N) is 16. The molecule has 0 bridgehead atoms. The summed E-state index contributed by atoms with van der Waals surface area (Å²) in [5.74, 6) is 2.29. The smallest absolute Gasteiger partial charge is 0.295 e. The van der Waals surface area contributed by atoms with Crippen molar-refractivity contribution in [1.29, 1.82) is 0 Å². The summed E-state index contributed by atoms with van der Waals surface area (Å²) in [5.41, 5.74) is 3.30. The van der Waals surface area contributed by atoms with E-state index in [9.17, 15) is 47.4 Å². The summed E-state index contributed by atoms with van der Waals surface area (Å²) in [7, 11) is 9.99. The highest BCUT2D eigenvalue weighted by molar-refractivity contribution is 7.13. The Morgan fingerprint density at radius 1 is 0.451 bits per heavy atom. The highest BCUT2D eigenvalue weighted by Gasteiger charge is 2.36. The Kier molecular flexibility index (Phi) is 32.5. The topological polar surface area (TPSA) is 533 Å². The summed E-state index contributed by atoms with van der Waals surface area (Å²) < 4.78 is 61.3. The van der Waals surface area contributed by atoms with Gasteiger partial charge in [-0.2, -0.15) is 0 Å². The number of halogens is 2. The third kappa shape index (κ3) is 24.4. The van der Waals surface area contributed by atoms with Gasteiger partial charge in [0.15, 0.2) is 57.3 Å². The molecule has 0 aliphatic heterocycles. The van der Waals surface area contributed by atoms with Crippen LogP contribution in [-0.4, -0.2) is 181 Å². The van der Waals surface area contributed by atoms with Crippen molar-refractivity contribution in [3.05, 3.63) is 235 Å². The van der Waals surface area contributed by atoms with Crippen molar-refractivity contribution in [1.82, 2.24) is 115 Å². The second kappa shape index (κ2) is 43.5. The molecule has 13 heterocycles. The maximum atomic E-state index is 13.3. The van der Waals surface area contributed by atoms with Gasteiger partial charge in [-0.05, 0) is 104 Å². The molecule has 15 rings (SSSR count). The minimum Gasteiger partial charge on any atom is -0.501 e. The molecule has 13 aromatic heterocycles. The van der Waals surface area contributed by atoms with Crippen molar-refractivity contribution in [3.8, 4) is 109 Å². The average Bonchev–Trinajstić information content (AvgIpc) is 1.38. The van der Waals surface area contributed by atoms with Crippen LogP contribution in [-0.2, 0) is 4.74 Å². The number of ether oxygens (including phenoxy) is 7. The first-order valence-electron chi connectivity index (χ1n) is 37.3. The Morgan fingerprint density at radius 2 is 0.893 bits per heavy atom. The summed E-state index contributed by atoms with van der Waals surface area (Å²) in [6, 6.07) is 13.8. The van der Waals surface area contributed by atoms with Gasteiger partial charge in [-0.15, -0.1) is 11.3 Å². The first kappa shape index (κ1) is 91.0. The molecule has 0 unspecified atom stereocenters. The van der Waals surface area contributed by atoms with Crippen LogP contribution in [0.3, 0.4) is 0 Å². The number of thiazole rings is 1. The molecule has 0 amide bonds. The van der Waals surface area contributed by atoms with Crippen molar-refractivity contribution in [2.24, 2.45) is 0 Å². The number of alkyl halides is 2. The second-order valence-corrected chi connectivity index (χ2v) is 27.2. The van der Waals surface area contributed by atoms with E-state index in [4.69, 9.17) is 33.2 Å². The molecule has 13 aromatic rings. The molecule has 638 valence electrons. The molecule has 2 aliphatic rings. The number of aromatic amines is 7. The zero-order chi connectivity index (χ0) is 88.2. The molecule has 0 radical (unpaired) electrons. The minimum atomic E-state index is -2.60. The van der Waals surface area contributed by atoms with Gasteiger partial charge in [0.05, 0.1) is 84.4 Å². The molecular formula is C80H88F2N24O15S. The largest absolute Gasteiger partial charge is 0.501 e. The van der Waals surface area contributed by atoms with Crippen molar-refractivity contribution in [2.75, 3.05) is 55.1 Å². The predicted octanol–water partition coefficient (Wildman–Crippen LogP) is 9.27. The van der Waals surface area contributed by atoms with Gasteiger partial charge in [0.2, 0.25) is 46.2 Å². The zero-order valence-corrected chi connectivity index (χ0v) is 69.4. The highest BCUT2D eigenvalue weighted by atomic mass is 32.1. The molecule has 0 aromatic carbocycles. The van der Waals surface area contributed by atoms with E-state index in [-0.39, 0.29) is 98.5 Å². The maximum absolute atomic E-state index is 13.3. The number of aryl methyl sites for hydroxylation is 6. The third-order valence-corrected chi connectivity index (χ3v) is 18.8. The van der Waals surface area contributed by atoms with Crippen molar-refractivity contribution >= 4 is 22.9 Å². The van der Waals surface area contributed by atoms with Gasteiger partial charge >= 0.3 is 0 Å². The van der Waals surface area contributed by atoms with Gasteiger partial charge in [-0.25, -0.2) is 73.6 Å². The number of methoxy groups -OCH3 is 7. The fourth-order valence-electron chi connectivity index (χ4n) is 12.0. The van der Waals surface area contributed by atoms with Crippen LogP contribution in [0.15, 0.2) is 150 Å². The normalized spacial score (nSPS) is 12.5. The number of aromatic nitrogens is 23. The number of pyridine rings is 2. The Morgan fingerprint density at radius 3 is 1.34 bits per heavy atom.